The number of aliphatic hydroxyl groups is 1. The number of epoxide rings is 1. The lowest BCUT2D eigenvalue weighted by Gasteiger charge is -2.37. The van der Waals surface area contributed by atoms with Gasteiger partial charge in [-0.05, 0) is 6.92 Å². The van der Waals surface area contributed by atoms with Gasteiger partial charge in [0, 0.05) is 20.0 Å². The molecule has 0 bridgehead atoms. The largest absolute Gasteiger partial charge is 0.469 e. The molecule has 1 aliphatic heterocycles. The number of rotatable bonds is 3. The quantitative estimate of drug-likeness (QED) is 0.556. The second-order valence-electron chi connectivity index (χ2n) is 4.80. The van der Waals surface area contributed by atoms with Crippen LogP contribution in [0.1, 0.15) is 26.2 Å². The molecule has 0 aromatic rings. The molecule has 1 heterocycles. The molecule has 92 valence electrons. The maximum atomic E-state index is 11.3. The zero-order chi connectivity index (χ0) is 12.0. The standard InChI is InChI=1S/C11H18O5/c1-10-8(16-10)4-7(14-2)5-11(10,13)6-9(12)15-3/h7-8,13H,4-6H2,1-3H3. The molecule has 2 fully saturated rings. The maximum absolute atomic E-state index is 11.3. The molecule has 5 nitrogen and oxygen atoms in total. The summed E-state index contributed by atoms with van der Waals surface area (Å²) in [6.45, 7) is 1.84. The van der Waals surface area contributed by atoms with Crippen molar-refractivity contribution in [3.8, 4) is 0 Å². The predicted molar refractivity (Wildman–Crippen MR) is 54.9 cm³/mol. The Kier molecular flexibility index (Phi) is 2.72. The highest BCUT2D eigenvalue weighted by molar-refractivity contribution is 5.71. The summed E-state index contributed by atoms with van der Waals surface area (Å²) >= 11 is 0. The van der Waals surface area contributed by atoms with E-state index in [1.54, 1.807) is 7.11 Å². The fraction of sp³-hybridized carbons (Fsp3) is 0.909. The van der Waals surface area contributed by atoms with Gasteiger partial charge in [-0.1, -0.05) is 0 Å². The normalized spacial score (nSPS) is 46.0. The molecule has 0 radical (unpaired) electrons. The van der Waals surface area contributed by atoms with E-state index >= 15 is 0 Å². The lowest BCUT2D eigenvalue weighted by molar-refractivity contribution is -0.153. The van der Waals surface area contributed by atoms with Crippen LogP contribution >= 0.6 is 0 Å². The van der Waals surface area contributed by atoms with Crippen LogP contribution in [0.4, 0.5) is 0 Å². The third kappa shape index (κ3) is 1.63. The number of methoxy groups -OCH3 is 2. The van der Waals surface area contributed by atoms with Gasteiger partial charge in [0.25, 0.3) is 0 Å². The fourth-order valence-corrected chi connectivity index (χ4v) is 2.58. The molecule has 1 saturated carbocycles. The first kappa shape index (κ1) is 11.8. The highest BCUT2D eigenvalue weighted by Gasteiger charge is 2.69. The number of fused-ring (bicyclic) bond motifs is 1. The molecular formula is C11H18O5. The molecule has 1 aliphatic carbocycles. The lowest BCUT2D eigenvalue weighted by Crippen LogP contribution is -2.52. The van der Waals surface area contributed by atoms with E-state index < -0.39 is 17.2 Å². The molecule has 16 heavy (non-hydrogen) atoms. The highest BCUT2D eigenvalue weighted by Crippen LogP contribution is 2.55. The lowest BCUT2D eigenvalue weighted by atomic mass is 9.73. The van der Waals surface area contributed by atoms with Crippen molar-refractivity contribution in [3.63, 3.8) is 0 Å². The van der Waals surface area contributed by atoms with Crippen LogP contribution in [0.25, 0.3) is 0 Å². The maximum Gasteiger partial charge on any atom is 0.308 e. The van der Waals surface area contributed by atoms with E-state index in [-0.39, 0.29) is 18.6 Å². The summed E-state index contributed by atoms with van der Waals surface area (Å²) in [6, 6.07) is 0. The monoisotopic (exact) mass is 230 g/mol. The summed E-state index contributed by atoms with van der Waals surface area (Å²) in [6.07, 6.45) is 1.06. The number of carbonyl (C=O) groups excluding carboxylic acids is 1. The van der Waals surface area contributed by atoms with Crippen molar-refractivity contribution >= 4 is 5.97 Å². The summed E-state index contributed by atoms with van der Waals surface area (Å²) in [7, 11) is 2.92. The van der Waals surface area contributed by atoms with Gasteiger partial charge >= 0.3 is 5.97 Å². The Morgan fingerprint density at radius 1 is 1.56 bits per heavy atom. The van der Waals surface area contributed by atoms with Gasteiger partial charge in [-0.2, -0.15) is 0 Å². The Bertz CT molecular complexity index is 305. The molecule has 5 heteroatoms. The third-order valence-corrected chi connectivity index (χ3v) is 3.91. The number of hydrogen-bond acceptors (Lipinski definition) is 5. The summed E-state index contributed by atoms with van der Waals surface area (Å²) in [4.78, 5) is 11.3. The Labute approximate surface area is 94.7 Å². The zero-order valence-electron chi connectivity index (χ0n) is 9.86. The number of esters is 1. The van der Waals surface area contributed by atoms with Crippen LogP contribution in [0, 0.1) is 0 Å². The predicted octanol–water partition coefficient (Wildman–Crippen LogP) is 0.247. The Morgan fingerprint density at radius 2 is 2.25 bits per heavy atom. The average molecular weight is 230 g/mol. The minimum absolute atomic E-state index is 0.0131. The van der Waals surface area contributed by atoms with Crippen LogP contribution in [0.2, 0.25) is 0 Å². The minimum atomic E-state index is -1.18. The number of ether oxygens (including phenoxy) is 3. The van der Waals surface area contributed by atoms with Gasteiger partial charge in [-0.25, -0.2) is 0 Å². The van der Waals surface area contributed by atoms with Crippen LogP contribution in [-0.2, 0) is 19.0 Å². The molecule has 0 aromatic heterocycles. The van der Waals surface area contributed by atoms with Crippen LogP contribution in [0.5, 0.6) is 0 Å². The van der Waals surface area contributed by atoms with E-state index in [2.05, 4.69) is 4.74 Å². The van der Waals surface area contributed by atoms with Crippen molar-refractivity contribution < 1.29 is 24.1 Å². The molecule has 4 atom stereocenters. The molecule has 0 amide bonds. The van der Waals surface area contributed by atoms with Crippen molar-refractivity contribution in [2.75, 3.05) is 14.2 Å². The minimum Gasteiger partial charge on any atom is -0.469 e. The molecule has 2 rings (SSSR count). The SMILES string of the molecule is COC(=O)CC1(O)CC(OC)CC2OC21C. The van der Waals surface area contributed by atoms with E-state index in [0.29, 0.717) is 6.42 Å². The Hall–Kier alpha value is -0.650. The van der Waals surface area contributed by atoms with E-state index in [1.165, 1.54) is 7.11 Å². The van der Waals surface area contributed by atoms with Crippen LogP contribution in [0.3, 0.4) is 0 Å². The zero-order valence-corrected chi connectivity index (χ0v) is 9.86. The summed E-state index contributed by atoms with van der Waals surface area (Å²) in [5.41, 5.74) is -1.79. The Morgan fingerprint density at radius 3 is 2.81 bits per heavy atom. The summed E-state index contributed by atoms with van der Waals surface area (Å²) in [5, 5.41) is 10.5. The molecular weight excluding hydrogens is 212 g/mol. The van der Waals surface area contributed by atoms with Gasteiger partial charge in [0.05, 0.1) is 25.7 Å². The summed E-state index contributed by atoms with van der Waals surface area (Å²) in [5.74, 6) is -0.422. The topological polar surface area (TPSA) is 68.3 Å². The van der Waals surface area contributed by atoms with Crippen LogP contribution < -0.4 is 0 Å². The summed E-state index contributed by atoms with van der Waals surface area (Å²) < 4.78 is 15.4. The molecule has 0 aromatic carbocycles. The first-order valence-electron chi connectivity index (χ1n) is 5.45. The fourth-order valence-electron chi connectivity index (χ4n) is 2.58. The number of hydrogen-bond donors (Lipinski definition) is 1. The van der Waals surface area contributed by atoms with Gasteiger partial charge in [0.2, 0.25) is 0 Å². The van der Waals surface area contributed by atoms with Crippen molar-refractivity contribution in [2.24, 2.45) is 0 Å². The molecule has 1 saturated heterocycles. The van der Waals surface area contributed by atoms with Crippen molar-refractivity contribution in [2.45, 2.75) is 49.6 Å². The van der Waals surface area contributed by atoms with Crippen molar-refractivity contribution in [3.05, 3.63) is 0 Å². The van der Waals surface area contributed by atoms with Gasteiger partial charge in [0.15, 0.2) is 0 Å². The smallest absolute Gasteiger partial charge is 0.308 e. The van der Waals surface area contributed by atoms with E-state index in [9.17, 15) is 9.90 Å². The third-order valence-electron chi connectivity index (χ3n) is 3.91. The average Bonchev–Trinajstić information content (AvgIpc) is 2.90. The van der Waals surface area contributed by atoms with E-state index in [1.807, 2.05) is 6.92 Å². The van der Waals surface area contributed by atoms with Crippen LogP contribution in [0.15, 0.2) is 0 Å². The van der Waals surface area contributed by atoms with E-state index in [4.69, 9.17) is 9.47 Å². The van der Waals surface area contributed by atoms with Crippen molar-refractivity contribution in [1.82, 2.24) is 0 Å². The van der Waals surface area contributed by atoms with Gasteiger partial charge in [-0.15, -0.1) is 0 Å². The van der Waals surface area contributed by atoms with Gasteiger partial charge in [0.1, 0.15) is 11.2 Å². The second kappa shape index (κ2) is 3.68. The highest BCUT2D eigenvalue weighted by atomic mass is 16.6. The van der Waals surface area contributed by atoms with Gasteiger partial charge < -0.3 is 19.3 Å². The second-order valence-corrected chi connectivity index (χ2v) is 4.80. The molecule has 4 unspecified atom stereocenters. The van der Waals surface area contributed by atoms with E-state index in [0.717, 1.165) is 6.42 Å². The molecule has 1 N–H and O–H groups in total. The Balaban J connectivity index is 2.13. The van der Waals surface area contributed by atoms with Crippen molar-refractivity contribution in [1.29, 1.82) is 0 Å². The van der Waals surface area contributed by atoms with Crippen LogP contribution in [-0.4, -0.2) is 48.7 Å². The first-order chi connectivity index (χ1) is 7.45. The molecule has 0 spiro atoms. The first-order valence-corrected chi connectivity index (χ1v) is 5.45. The number of carbonyl (C=O) groups is 1. The molecule has 2 aliphatic rings. The van der Waals surface area contributed by atoms with Gasteiger partial charge in [-0.3, -0.25) is 4.79 Å².